The molecule has 1 aliphatic rings. The first-order valence-corrected chi connectivity index (χ1v) is 12.6. The summed E-state index contributed by atoms with van der Waals surface area (Å²) in [5.74, 6) is -0.694. The van der Waals surface area contributed by atoms with E-state index < -0.39 is 11.7 Å². The van der Waals surface area contributed by atoms with Crippen molar-refractivity contribution in [3.63, 3.8) is 0 Å². The summed E-state index contributed by atoms with van der Waals surface area (Å²) in [7, 11) is 0. The Morgan fingerprint density at radius 2 is 1.57 bits per heavy atom. The smallest absolute Gasteiger partial charge is 0.258 e. The second-order valence-electron chi connectivity index (χ2n) is 8.37. The summed E-state index contributed by atoms with van der Waals surface area (Å²) >= 11 is 0. The van der Waals surface area contributed by atoms with Gasteiger partial charge in [-0.1, -0.05) is 26.0 Å². The van der Waals surface area contributed by atoms with Crippen molar-refractivity contribution in [2.75, 3.05) is 28.6 Å². The topological polar surface area (TPSA) is 83.0 Å². The van der Waals surface area contributed by atoms with Gasteiger partial charge in [0.1, 0.15) is 0 Å². The monoisotopic (exact) mass is 498 g/mol. The van der Waals surface area contributed by atoms with Crippen LogP contribution in [0.15, 0.2) is 79.3 Å². The van der Waals surface area contributed by atoms with E-state index in [0.29, 0.717) is 11.6 Å². The van der Waals surface area contributed by atoms with Gasteiger partial charge in [-0.25, -0.2) is 14.4 Å². The fraction of sp³-hybridized carbons (Fsp3) is 0.241. The quantitative estimate of drug-likeness (QED) is 0.308. The molecule has 0 aliphatic carbocycles. The first-order valence-electron chi connectivity index (χ1n) is 12.6. The summed E-state index contributed by atoms with van der Waals surface area (Å²) in [6, 6.07) is 18.7. The predicted molar refractivity (Wildman–Crippen MR) is 147 cm³/mol. The number of rotatable bonds is 6. The molecule has 2 aromatic heterocycles. The Morgan fingerprint density at radius 3 is 2.27 bits per heavy atom. The van der Waals surface area contributed by atoms with Gasteiger partial charge in [0.25, 0.3) is 5.91 Å². The first-order chi connectivity index (χ1) is 18.2. The van der Waals surface area contributed by atoms with Crippen LogP contribution >= 0.6 is 0 Å². The molecule has 0 saturated carbocycles. The molecule has 0 radical (unpaired) electrons. The average molecular weight is 499 g/mol. The van der Waals surface area contributed by atoms with Crippen LogP contribution in [0.25, 0.3) is 11.3 Å². The Morgan fingerprint density at radius 1 is 0.865 bits per heavy atom. The molecule has 2 aromatic carbocycles. The number of benzene rings is 2. The number of piperidine rings is 1. The number of anilines is 4. The minimum Gasteiger partial charge on any atom is -0.372 e. The van der Waals surface area contributed by atoms with E-state index in [-0.39, 0.29) is 5.56 Å². The van der Waals surface area contributed by atoms with Crippen molar-refractivity contribution >= 4 is 28.9 Å². The molecule has 2 N–H and O–H groups in total. The summed E-state index contributed by atoms with van der Waals surface area (Å²) in [6.45, 7) is 6.22. The fourth-order valence-corrected chi connectivity index (χ4v) is 4.10. The molecule has 1 saturated heterocycles. The number of nitrogens with zero attached hydrogens (tertiary/aromatic N) is 4. The molecule has 0 unspecified atom stereocenters. The van der Waals surface area contributed by atoms with Crippen molar-refractivity contribution in [1.82, 2.24) is 15.0 Å². The standard InChI is InChI=1S/C27H25FN6O.C2H6/c28-24-18-29-14-12-23(24)26(35)31-20-6-4-19(5-7-20)25-13-15-30-27(33-25)32-21-8-10-22(11-9-21)34-16-2-1-3-17-34;1-2/h4-15,18H,1-3,16-17H2,(H,31,35)(H,30,32,33);1-2H3. The van der Waals surface area contributed by atoms with Crippen molar-refractivity contribution in [2.45, 2.75) is 33.1 Å². The van der Waals surface area contributed by atoms with Crippen LogP contribution < -0.4 is 15.5 Å². The SMILES string of the molecule is CC.O=C(Nc1ccc(-c2ccnc(Nc3ccc(N4CCCCC4)cc3)n2)cc1)c1ccncc1F. The van der Waals surface area contributed by atoms with Gasteiger partial charge in [-0.15, -0.1) is 0 Å². The van der Waals surface area contributed by atoms with Gasteiger partial charge in [0, 0.05) is 48.1 Å². The Kier molecular flexibility index (Phi) is 8.75. The molecule has 4 aromatic rings. The normalized spacial score (nSPS) is 12.8. The number of amides is 1. The molecule has 1 amide bonds. The molecular formula is C29H31FN6O. The molecule has 0 atom stereocenters. The van der Waals surface area contributed by atoms with E-state index in [4.69, 9.17) is 0 Å². The minimum atomic E-state index is -0.663. The van der Waals surface area contributed by atoms with E-state index in [0.717, 1.165) is 36.2 Å². The summed E-state index contributed by atoms with van der Waals surface area (Å²) < 4.78 is 13.8. The molecule has 7 nitrogen and oxygen atoms in total. The second kappa shape index (κ2) is 12.6. The van der Waals surface area contributed by atoms with E-state index in [1.165, 1.54) is 37.2 Å². The van der Waals surface area contributed by atoms with Gasteiger partial charge >= 0.3 is 0 Å². The maximum atomic E-state index is 13.8. The molecule has 8 heteroatoms. The van der Waals surface area contributed by atoms with Crippen LogP contribution in [0.2, 0.25) is 0 Å². The highest BCUT2D eigenvalue weighted by Crippen LogP contribution is 2.25. The maximum absolute atomic E-state index is 13.8. The zero-order valence-electron chi connectivity index (χ0n) is 21.1. The Hall–Kier alpha value is -4.33. The minimum absolute atomic E-state index is 0.0560. The lowest BCUT2D eigenvalue weighted by molar-refractivity contribution is 0.102. The molecule has 1 aliphatic heterocycles. The highest BCUT2D eigenvalue weighted by molar-refractivity contribution is 6.04. The zero-order chi connectivity index (χ0) is 26.0. The van der Waals surface area contributed by atoms with E-state index in [2.05, 4.69) is 42.6 Å². The number of carbonyl (C=O) groups is 1. The summed E-state index contributed by atoms with van der Waals surface area (Å²) in [5, 5.41) is 5.96. The molecule has 5 rings (SSSR count). The third-order valence-electron chi connectivity index (χ3n) is 5.96. The van der Waals surface area contributed by atoms with Gasteiger partial charge in [0.2, 0.25) is 5.95 Å². The van der Waals surface area contributed by atoms with Crippen LogP contribution in [-0.2, 0) is 0 Å². The van der Waals surface area contributed by atoms with Crippen LogP contribution in [-0.4, -0.2) is 33.9 Å². The lowest BCUT2D eigenvalue weighted by Gasteiger charge is -2.28. The van der Waals surface area contributed by atoms with Gasteiger partial charge in [-0.2, -0.15) is 0 Å². The van der Waals surface area contributed by atoms with Gasteiger partial charge in [-0.3, -0.25) is 9.78 Å². The third-order valence-corrected chi connectivity index (χ3v) is 5.96. The number of hydrogen-bond donors (Lipinski definition) is 2. The van der Waals surface area contributed by atoms with Crippen LogP contribution in [0.4, 0.5) is 27.4 Å². The maximum Gasteiger partial charge on any atom is 0.258 e. The van der Waals surface area contributed by atoms with Crippen LogP contribution in [0.3, 0.4) is 0 Å². The van der Waals surface area contributed by atoms with Gasteiger partial charge in [0.15, 0.2) is 5.82 Å². The van der Waals surface area contributed by atoms with Crippen molar-refractivity contribution in [1.29, 1.82) is 0 Å². The average Bonchev–Trinajstić information content (AvgIpc) is 2.96. The highest BCUT2D eigenvalue weighted by atomic mass is 19.1. The number of pyridine rings is 1. The number of nitrogens with one attached hydrogen (secondary N) is 2. The third kappa shape index (κ3) is 6.67. The Labute approximate surface area is 216 Å². The van der Waals surface area contributed by atoms with Gasteiger partial charge in [0.05, 0.1) is 17.5 Å². The van der Waals surface area contributed by atoms with Crippen LogP contribution in [0, 0.1) is 5.82 Å². The number of hydrogen-bond acceptors (Lipinski definition) is 6. The second-order valence-corrected chi connectivity index (χ2v) is 8.37. The molecule has 1 fully saturated rings. The fourth-order valence-electron chi connectivity index (χ4n) is 4.10. The number of aromatic nitrogens is 3. The molecule has 3 heterocycles. The number of carbonyl (C=O) groups excluding carboxylic acids is 1. The molecule has 0 bridgehead atoms. The molecule has 0 spiro atoms. The number of halogens is 1. The van der Waals surface area contributed by atoms with E-state index in [9.17, 15) is 9.18 Å². The Bertz CT molecular complexity index is 1300. The lowest BCUT2D eigenvalue weighted by Crippen LogP contribution is -2.29. The van der Waals surface area contributed by atoms with Crippen molar-refractivity contribution in [3.8, 4) is 11.3 Å². The summed E-state index contributed by atoms with van der Waals surface area (Å²) in [4.78, 5) is 27.4. The van der Waals surface area contributed by atoms with Crippen LogP contribution in [0.5, 0.6) is 0 Å². The molecular weight excluding hydrogens is 467 g/mol. The molecule has 37 heavy (non-hydrogen) atoms. The highest BCUT2D eigenvalue weighted by Gasteiger charge is 2.13. The van der Waals surface area contributed by atoms with Crippen molar-refractivity contribution < 1.29 is 9.18 Å². The van der Waals surface area contributed by atoms with Crippen LogP contribution in [0.1, 0.15) is 43.5 Å². The van der Waals surface area contributed by atoms with Crippen molar-refractivity contribution in [3.05, 3.63) is 90.6 Å². The van der Waals surface area contributed by atoms with Gasteiger partial charge < -0.3 is 15.5 Å². The van der Waals surface area contributed by atoms with Gasteiger partial charge in [-0.05, 0) is 67.8 Å². The lowest BCUT2D eigenvalue weighted by atomic mass is 10.1. The predicted octanol–water partition coefficient (Wildman–Crippen LogP) is 6.69. The molecule has 190 valence electrons. The van der Waals surface area contributed by atoms with E-state index >= 15 is 0 Å². The van der Waals surface area contributed by atoms with E-state index in [1.54, 1.807) is 18.3 Å². The first kappa shape index (κ1) is 25.8. The summed E-state index contributed by atoms with van der Waals surface area (Å²) in [6.07, 6.45) is 7.91. The van der Waals surface area contributed by atoms with Crippen molar-refractivity contribution in [2.24, 2.45) is 0 Å². The van der Waals surface area contributed by atoms with E-state index in [1.807, 2.05) is 44.2 Å². The largest absolute Gasteiger partial charge is 0.372 e. The Balaban J connectivity index is 0.00000156. The summed E-state index contributed by atoms with van der Waals surface area (Å²) in [5.41, 5.74) is 4.26. The zero-order valence-corrected chi connectivity index (χ0v) is 21.1.